The van der Waals surface area contributed by atoms with E-state index in [1.807, 2.05) is 61.5 Å². The molecule has 0 saturated carbocycles. The van der Waals surface area contributed by atoms with Crippen LogP contribution in [0.3, 0.4) is 0 Å². The van der Waals surface area contributed by atoms with Gasteiger partial charge in [-0.2, -0.15) is 0 Å². The Kier molecular flexibility index (Phi) is 3.90. The molecule has 0 heterocycles. The summed E-state index contributed by atoms with van der Waals surface area (Å²) in [5, 5.41) is 14.0. The second kappa shape index (κ2) is 5.69. The van der Waals surface area contributed by atoms with Crippen LogP contribution in [-0.2, 0) is 0 Å². The van der Waals surface area contributed by atoms with Crippen LogP contribution in [0.15, 0.2) is 54.6 Å². The summed E-state index contributed by atoms with van der Waals surface area (Å²) in [5.41, 5.74) is 2.54. The second-order valence-corrected chi connectivity index (χ2v) is 5.85. The minimum Gasteiger partial charge on any atom is -0.384 e. The van der Waals surface area contributed by atoms with Crippen LogP contribution in [-0.4, -0.2) is 5.11 Å². The van der Waals surface area contributed by atoms with Gasteiger partial charge in [-0.05, 0) is 41.1 Å². The molecule has 0 fully saturated rings. The highest BCUT2D eigenvalue weighted by molar-refractivity contribution is 6.35. The zero-order valence-corrected chi connectivity index (χ0v) is 13.0. The van der Waals surface area contributed by atoms with E-state index in [0.29, 0.717) is 10.0 Å². The third kappa shape index (κ3) is 2.53. The van der Waals surface area contributed by atoms with E-state index in [9.17, 15) is 5.11 Å². The maximum atomic E-state index is 10.8. The predicted molar refractivity (Wildman–Crippen MR) is 89.2 cm³/mol. The van der Waals surface area contributed by atoms with Crippen LogP contribution in [0.2, 0.25) is 10.0 Å². The number of hydrogen-bond donors (Lipinski definition) is 1. The van der Waals surface area contributed by atoms with E-state index < -0.39 is 6.10 Å². The maximum Gasteiger partial charge on any atom is 0.105 e. The first-order valence-electron chi connectivity index (χ1n) is 6.70. The van der Waals surface area contributed by atoms with Gasteiger partial charge in [0.2, 0.25) is 0 Å². The van der Waals surface area contributed by atoms with E-state index in [1.165, 1.54) is 0 Å². The molecule has 0 saturated heterocycles. The fourth-order valence-electron chi connectivity index (χ4n) is 2.61. The average molecular weight is 317 g/mol. The summed E-state index contributed by atoms with van der Waals surface area (Å²) < 4.78 is 0. The number of benzene rings is 3. The molecule has 0 spiro atoms. The van der Waals surface area contributed by atoms with Crippen molar-refractivity contribution in [3.63, 3.8) is 0 Å². The minimum atomic E-state index is -0.731. The molecule has 0 aliphatic carbocycles. The molecule has 0 amide bonds. The number of aliphatic hydroxyl groups excluding tert-OH is 1. The Morgan fingerprint density at radius 1 is 0.762 bits per heavy atom. The molecular formula is C18H14Cl2O. The first-order valence-corrected chi connectivity index (χ1v) is 7.45. The van der Waals surface area contributed by atoms with Crippen LogP contribution in [0.5, 0.6) is 0 Å². The van der Waals surface area contributed by atoms with Crippen molar-refractivity contribution in [2.24, 2.45) is 0 Å². The molecule has 3 heteroatoms. The van der Waals surface area contributed by atoms with Gasteiger partial charge in [0.05, 0.1) is 0 Å². The number of rotatable bonds is 2. The Morgan fingerprint density at radius 2 is 1.48 bits per heavy atom. The lowest BCUT2D eigenvalue weighted by molar-refractivity contribution is 0.221. The Morgan fingerprint density at radius 3 is 2.24 bits per heavy atom. The standard InChI is InChI=1S/C18H14Cl2O/c1-11-12(7-4-8-16(11)19)18(21)15-9-10-17(20)14-6-3-2-5-13(14)15/h2-10,18,21H,1H3. The molecule has 0 aliphatic rings. The molecular weight excluding hydrogens is 303 g/mol. The van der Waals surface area contributed by atoms with E-state index in [2.05, 4.69) is 0 Å². The number of halogens is 2. The van der Waals surface area contributed by atoms with Gasteiger partial charge < -0.3 is 5.11 Å². The third-order valence-electron chi connectivity index (χ3n) is 3.80. The molecule has 1 N–H and O–H groups in total. The van der Waals surface area contributed by atoms with Crippen LogP contribution < -0.4 is 0 Å². The number of fused-ring (bicyclic) bond motifs is 1. The van der Waals surface area contributed by atoms with Crippen LogP contribution in [0, 0.1) is 6.92 Å². The van der Waals surface area contributed by atoms with E-state index in [1.54, 1.807) is 0 Å². The van der Waals surface area contributed by atoms with E-state index in [4.69, 9.17) is 23.2 Å². The van der Waals surface area contributed by atoms with Crippen molar-refractivity contribution in [3.8, 4) is 0 Å². The summed E-state index contributed by atoms with van der Waals surface area (Å²) in [6.45, 7) is 1.92. The van der Waals surface area contributed by atoms with Gasteiger partial charge in [-0.15, -0.1) is 0 Å². The maximum absolute atomic E-state index is 10.8. The van der Waals surface area contributed by atoms with Crippen LogP contribution in [0.4, 0.5) is 0 Å². The molecule has 21 heavy (non-hydrogen) atoms. The fraction of sp³-hybridized carbons (Fsp3) is 0.111. The lowest BCUT2D eigenvalue weighted by atomic mass is 9.93. The highest BCUT2D eigenvalue weighted by atomic mass is 35.5. The first kappa shape index (κ1) is 14.4. The molecule has 1 unspecified atom stereocenters. The molecule has 1 atom stereocenters. The van der Waals surface area contributed by atoms with Crippen molar-refractivity contribution in [2.75, 3.05) is 0 Å². The SMILES string of the molecule is Cc1c(Cl)cccc1C(O)c1ccc(Cl)c2ccccc12. The van der Waals surface area contributed by atoms with Gasteiger partial charge in [0.15, 0.2) is 0 Å². The first-order chi connectivity index (χ1) is 10.1. The summed E-state index contributed by atoms with van der Waals surface area (Å²) in [7, 11) is 0. The van der Waals surface area contributed by atoms with Gasteiger partial charge in [-0.25, -0.2) is 0 Å². The molecule has 0 aliphatic heterocycles. The van der Waals surface area contributed by atoms with Gasteiger partial charge in [0.25, 0.3) is 0 Å². The largest absolute Gasteiger partial charge is 0.384 e. The smallest absolute Gasteiger partial charge is 0.105 e. The molecule has 3 aromatic rings. The minimum absolute atomic E-state index is 0.657. The summed E-state index contributed by atoms with van der Waals surface area (Å²) in [5.74, 6) is 0. The van der Waals surface area contributed by atoms with Crippen molar-refractivity contribution < 1.29 is 5.11 Å². The Labute approximate surface area is 133 Å². The summed E-state index contributed by atoms with van der Waals surface area (Å²) >= 11 is 12.4. The zero-order chi connectivity index (χ0) is 15.0. The number of aliphatic hydroxyl groups is 1. The molecule has 3 rings (SSSR count). The van der Waals surface area contributed by atoms with Crippen molar-refractivity contribution in [1.82, 2.24) is 0 Å². The molecule has 0 aromatic heterocycles. The van der Waals surface area contributed by atoms with Crippen molar-refractivity contribution >= 4 is 34.0 Å². The van der Waals surface area contributed by atoms with Crippen LogP contribution >= 0.6 is 23.2 Å². The van der Waals surface area contributed by atoms with Crippen molar-refractivity contribution in [1.29, 1.82) is 0 Å². The van der Waals surface area contributed by atoms with Crippen molar-refractivity contribution in [2.45, 2.75) is 13.0 Å². The molecule has 3 aromatic carbocycles. The average Bonchev–Trinajstić information content (AvgIpc) is 2.50. The third-order valence-corrected chi connectivity index (χ3v) is 4.54. The molecule has 1 nitrogen and oxygen atoms in total. The Bertz CT molecular complexity index is 811. The Balaban J connectivity index is 2.21. The molecule has 106 valence electrons. The summed E-state index contributed by atoms with van der Waals surface area (Å²) in [6, 6.07) is 17.1. The summed E-state index contributed by atoms with van der Waals surface area (Å²) in [6.07, 6.45) is -0.731. The predicted octanol–water partition coefficient (Wildman–Crippen LogP) is 5.54. The highest BCUT2D eigenvalue weighted by Crippen LogP contribution is 2.35. The van der Waals surface area contributed by atoms with E-state index >= 15 is 0 Å². The molecule has 0 radical (unpaired) electrons. The zero-order valence-electron chi connectivity index (χ0n) is 11.5. The van der Waals surface area contributed by atoms with E-state index in [0.717, 1.165) is 27.5 Å². The van der Waals surface area contributed by atoms with Gasteiger partial charge >= 0.3 is 0 Å². The second-order valence-electron chi connectivity index (χ2n) is 5.04. The van der Waals surface area contributed by atoms with Gasteiger partial charge in [-0.1, -0.05) is 65.7 Å². The summed E-state index contributed by atoms with van der Waals surface area (Å²) in [4.78, 5) is 0. The van der Waals surface area contributed by atoms with Crippen molar-refractivity contribution in [3.05, 3.63) is 81.3 Å². The monoisotopic (exact) mass is 316 g/mol. The Hall–Kier alpha value is -1.54. The fourth-order valence-corrected chi connectivity index (χ4v) is 3.02. The van der Waals surface area contributed by atoms with Gasteiger partial charge in [-0.3, -0.25) is 0 Å². The van der Waals surface area contributed by atoms with Crippen LogP contribution in [0.25, 0.3) is 10.8 Å². The topological polar surface area (TPSA) is 20.2 Å². The lowest BCUT2D eigenvalue weighted by Crippen LogP contribution is -2.03. The van der Waals surface area contributed by atoms with Gasteiger partial charge in [0, 0.05) is 15.4 Å². The molecule has 0 bridgehead atoms. The highest BCUT2D eigenvalue weighted by Gasteiger charge is 2.17. The normalized spacial score (nSPS) is 12.6. The van der Waals surface area contributed by atoms with Crippen LogP contribution in [0.1, 0.15) is 22.8 Å². The number of hydrogen-bond acceptors (Lipinski definition) is 1. The quantitative estimate of drug-likeness (QED) is 0.658. The van der Waals surface area contributed by atoms with E-state index in [-0.39, 0.29) is 0 Å². The lowest BCUT2D eigenvalue weighted by Gasteiger charge is -2.17. The van der Waals surface area contributed by atoms with Gasteiger partial charge in [0.1, 0.15) is 6.10 Å².